The number of carbonyl (C=O) groups excluding carboxylic acids is 1. The van der Waals surface area contributed by atoms with E-state index in [0.29, 0.717) is 5.75 Å². The number of nitrogens with zero attached hydrogens (tertiary/aromatic N) is 1. The van der Waals surface area contributed by atoms with Gasteiger partial charge in [0.05, 0.1) is 15.4 Å². The largest absolute Gasteiger partial charge is 1.00 e. The first-order valence-electron chi connectivity index (χ1n) is 8.33. The van der Waals surface area contributed by atoms with Gasteiger partial charge in [-0.05, 0) is 60.2 Å². The summed E-state index contributed by atoms with van der Waals surface area (Å²) in [5.74, 6) is 0.176. The van der Waals surface area contributed by atoms with Crippen molar-refractivity contribution < 1.29 is 135 Å². The van der Waals surface area contributed by atoms with Crippen molar-refractivity contribution in [2.75, 3.05) is 0 Å². The Morgan fingerprint density at radius 3 is 2.00 bits per heavy atom. The van der Waals surface area contributed by atoms with Crippen LogP contribution in [0.1, 0.15) is 11.1 Å². The van der Waals surface area contributed by atoms with Gasteiger partial charge in [0, 0.05) is 0 Å². The molecule has 0 fully saturated rings. The zero-order valence-electron chi connectivity index (χ0n) is 17.3. The number of ether oxygens (including phenoxy) is 1. The normalized spacial score (nSPS) is 9.62. The van der Waals surface area contributed by atoms with Gasteiger partial charge in [-0.3, -0.25) is 0 Å². The van der Waals surface area contributed by atoms with Gasteiger partial charge in [0.2, 0.25) is 9.84 Å². The van der Waals surface area contributed by atoms with E-state index in [1.165, 1.54) is 48.5 Å². The average molecular weight is 506 g/mol. The molecule has 3 aromatic carbocycles. The molecule has 0 aliphatic rings. The summed E-state index contributed by atoms with van der Waals surface area (Å²) in [5.41, 5.74) is 0.873. The molecular weight excluding hydrogens is 491 g/mol. The molecule has 0 heterocycles. The Bertz CT molecular complexity index is 1160. The fourth-order valence-corrected chi connectivity index (χ4v) is 3.79. The average Bonchev–Trinajstić information content (AvgIpc) is 2.73. The van der Waals surface area contributed by atoms with Gasteiger partial charge in [-0.2, -0.15) is 5.26 Å². The van der Waals surface area contributed by atoms with E-state index in [2.05, 4.69) is 0 Å². The van der Waals surface area contributed by atoms with Gasteiger partial charge in [0.15, 0.2) is 0 Å². The first-order valence-corrected chi connectivity index (χ1v) is 9.82. The molecule has 32 heavy (non-hydrogen) atoms. The molecule has 7 nitrogen and oxygen atoms in total. The van der Waals surface area contributed by atoms with E-state index < -0.39 is 16.0 Å². The molecule has 0 radical (unpaired) electrons. The molecule has 0 aliphatic heterocycles. The fourth-order valence-electron chi connectivity index (χ4n) is 2.38. The topological polar surface area (TPSA) is 130 Å². The Morgan fingerprint density at radius 1 is 0.938 bits per heavy atom. The molecule has 0 bridgehead atoms. The van der Waals surface area contributed by atoms with Gasteiger partial charge in [-0.15, -0.1) is 0 Å². The van der Waals surface area contributed by atoms with Crippen LogP contribution in [0.15, 0.2) is 82.6 Å². The summed E-state index contributed by atoms with van der Waals surface area (Å²) in [5, 5.41) is 25.8. The van der Waals surface area contributed by atoms with Gasteiger partial charge in [-0.25, -0.2) is 12.8 Å². The molecule has 0 aromatic heterocycles. The summed E-state index contributed by atoms with van der Waals surface area (Å²) in [6, 6.07) is 19.9. The van der Waals surface area contributed by atoms with E-state index in [4.69, 9.17) is 25.0 Å². The summed E-state index contributed by atoms with van der Waals surface area (Å²) in [7, 11) is -3.78. The molecule has 0 saturated heterocycles. The summed E-state index contributed by atoms with van der Waals surface area (Å²) in [4.78, 5) is 8.42. The number of hydrogen-bond donors (Lipinski definition) is 0. The first-order chi connectivity index (χ1) is 14.2. The number of hydrogen-bond acceptors (Lipinski definition) is 7. The summed E-state index contributed by atoms with van der Waals surface area (Å²) >= 11 is 0. The predicted molar refractivity (Wildman–Crippen MR) is 99.2 cm³/mol. The van der Waals surface area contributed by atoms with E-state index in [1.54, 1.807) is 24.3 Å². The second-order valence-corrected chi connectivity index (χ2v) is 7.67. The molecule has 0 aliphatic carbocycles. The number of carboxylic acid groups (broad SMARTS) is 2. The van der Waals surface area contributed by atoms with E-state index in [1.807, 2.05) is 6.07 Å². The molecule has 0 amide bonds. The van der Waals surface area contributed by atoms with Crippen molar-refractivity contribution in [3.05, 3.63) is 89.7 Å². The van der Waals surface area contributed by atoms with Crippen molar-refractivity contribution in [3.8, 4) is 11.8 Å². The number of rotatable bonds is 5. The molecule has 3 rings (SSSR count). The minimum atomic E-state index is -3.78. The van der Waals surface area contributed by atoms with Crippen LogP contribution >= 0.6 is 0 Å². The second-order valence-electron chi connectivity index (χ2n) is 5.75. The molecule has 0 atom stereocenters. The number of halogens is 1. The number of carbonyl (C=O) groups is 1. The van der Waals surface area contributed by atoms with Crippen molar-refractivity contribution in [3.63, 3.8) is 0 Å². The first kappa shape index (κ1) is 31.4. The van der Waals surface area contributed by atoms with Crippen molar-refractivity contribution >= 4 is 16.0 Å². The third kappa shape index (κ3) is 9.70. The predicted octanol–water partition coefficient (Wildman–Crippen LogP) is -4.33. The van der Waals surface area contributed by atoms with Gasteiger partial charge in [0.1, 0.15) is 24.2 Å². The second kappa shape index (κ2) is 15.3. The molecule has 0 saturated carbocycles. The Morgan fingerprint density at radius 2 is 1.47 bits per heavy atom. The van der Waals surface area contributed by atoms with Crippen LogP contribution in [0.5, 0.6) is 5.75 Å². The third-order valence-electron chi connectivity index (χ3n) is 3.75. The van der Waals surface area contributed by atoms with Crippen molar-refractivity contribution in [2.45, 2.75) is 16.4 Å². The maximum Gasteiger partial charge on any atom is 1.00 e. The van der Waals surface area contributed by atoms with Crippen molar-refractivity contribution in [1.82, 2.24) is 0 Å². The van der Waals surface area contributed by atoms with Crippen LogP contribution in [0.4, 0.5) is 9.18 Å². The summed E-state index contributed by atoms with van der Waals surface area (Å²) in [6.45, 7) is 0.223. The summed E-state index contributed by atoms with van der Waals surface area (Å²) in [6.07, 6.45) is -2.33. The van der Waals surface area contributed by atoms with Gasteiger partial charge >= 0.3 is 103 Å². The van der Waals surface area contributed by atoms with Crippen LogP contribution < -0.4 is 118 Å². The van der Waals surface area contributed by atoms with Crippen LogP contribution in [0, 0.1) is 17.1 Å². The molecule has 154 valence electrons. The fraction of sp³-hybridized carbons (Fsp3) is 0.0476. The monoisotopic (exact) mass is 505 g/mol. The molecule has 3 aromatic rings. The van der Waals surface area contributed by atoms with Gasteiger partial charge < -0.3 is 19.7 Å². The minimum absolute atomic E-state index is 0. The summed E-state index contributed by atoms with van der Waals surface area (Å²) < 4.78 is 43.8. The maximum absolute atomic E-state index is 12.9. The third-order valence-corrected chi connectivity index (χ3v) is 5.58. The Hall–Kier alpha value is -0.627. The van der Waals surface area contributed by atoms with Gasteiger partial charge in [-0.1, -0.05) is 24.3 Å². The van der Waals surface area contributed by atoms with Crippen molar-refractivity contribution in [1.29, 1.82) is 5.26 Å². The Kier molecular flexibility index (Phi) is 15.0. The van der Waals surface area contributed by atoms with Crippen LogP contribution in [0.25, 0.3) is 0 Å². The maximum atomic E-state index is 12.9. The quantitative estimate of drug-likeness (QED) is 0.321. The standard InChI is InChI=1S/C20H14FNO3S.CH2O3.2K/c21-17-7-9-18(10-8-17)25-14-15-5-11-19(12-6-15)26(23,24)20-4-2-1-3-16(20)13-22;2-1(3)4;;/h1-12H,14H2;(H2,2,3,4);;/q;;2*+1/p-2. The van der Waals surface area contributed by atoms with E-state index in [0.717, 1.165) is 5.56 Å². The SMILES string of the molecule is N#Cc1ccccc1S(=O)(=O)c1ccc(COc2ccc(F)cc2)cc1.O=C([O-])[O-].[K+].[K+]. The smallest absolute Gasteiger partial charge is 0.652 e. The van der Waals surface area contributed by atoms with Crippen LogP contribution in [-0.4, -0.2) is 14.6 Å². The molecule has 0 spiro atoms. The van der Waals surface area contributed by atoms with Crippen LogP contribution in [0.2, 0.25) is 0 Å². The Labute approximate surface area is 270 Å². The van der Waals surface area contributed by atoms with E-state index in [-0.39, 0.29) is 131 Å². The van der Waals surface area contributed by atoms with Crippen LogP contribution in [0.3, 0.4) is 0 Å². The zero-order valence-corrected chi connectivity index (χ0v) is 24.4. The number of nitriles is 1. The number of benzene rings is 3. The minimum Gasteiger partial charge on any atom is -0.652 e. The Balaban J connectivity index is 0.00000148. The number of sulfone groups is 1. The van der Waals surface area contributed by atoms with E-state index in [9.17, 15) is 12.8 Å². The zero-order chi connectivity index (χ0) is 22.1. The van der Waals surface area contributed by atoms with Gasteiger partial charge in [0.25, 0.3) is 0 Å². The molecule has 11 heteroatoms. The van der Waals surface area contributed by atoms with E-state index >= 15 is 0 Å². The molecule has 0 N–H and O–H groups in total. The molecular formula is C21H14FK2NO6S. The van der Waals surface area contributed by atoms with Crippen LogP contribution in [-0.2, 0) is 16.4 Å². The van der Waals surface area contributed by atoms with Crippen molar-refractivity contribution in [2.24, 2.45) is 0 Å². The molecule has 0 unspecified atom stereocenters.